The molecule has 102 valence electrons. The maximum atomic E-state index is 5.74. The molecule has 0 spiro atoms. The van der Waals surface area contributed by atoms with Crippen molar-refractivity contribution in [3.05, 3.63) is 50.5 Å². The molecule has 0 aliphatic rings. The predicted octanol–water partition coefficient (Wildman–Crippen LogP) is 3.12. The normalized spacial score (nSPS) is 12.7. The lowest BCUT2D eigenvalue weighted by atomic mass is 9.94. The molecule has 3 N–H and O–H groups in total. The smallest absolute Gasteiger partial charge is 0.0947 e. The van der Waals surface area contributed by atoms with Crippen LogP contribution in [0.5, 0.6) is 0 Å². The monoisotopic (exact) mass is 275 g/mol. The van der Waals surface area contributed by atoms with Crippen LogP contribution in [0.25, 0.3) is 0 Å². The van der Waals surface area contributed by atoms with E-state index in [2.05, 4.69) is 48.7 Å². The molecule has 2 rings (SSSR count). The molecule has 0 saturated carbocycles. The van der Waals surface area contributed by atoms with Crippen molar-refractivity contribution >= 4 is 11.3 Å². The van der Waals surface area contributed by atoms with E-state index < -0.39 is 0 Å². The van der Waals surface area contributed by atoms with Crippen molar-refractivity contribution in [3.8, 4) is 0 Å². The van der Waals surface area contributed by atoms with Crippen molar-refractivity contribution in [2.24, 2.45) is 5.84 Å². The average Bonchev–Trinajstić information content (AvgIpc) is 2.77. The molecule has 19 heavy (non-hydrogen) atoms. The summed E-state index contributed by atoms with van der Waals surface area (Å²) >= 11 is 1.69. The summed E-state index contributed by atoms with van der Waals surface area (Å²) in [6.45, 7) is 8.44. The van der Waals surface area contributed by atoms with Gasteiger partial charge in [0, 0.05) is 17.5 Å². The first-order valence-electron chi connectivity index (χ1n) is 6.46. The minimum atomic E-state index is 0.116. The molecule has 0 amide bonds. The van der Waals surface area contributed by atoms with Crippen LogP contribution in [-0.4, -0.2) is 4.98 Å². The van der Waals surface area contributed by atoms with Crippen molar-refractivity contribution < 1.29 is 0 Å². The van der Waals surface area contributed by atoms with Gasteiger partial charge in [0.15, 0.2) is 0 Å². The van der Waals surface area contributed by atoms with E-state index in [4.69, 9.17) is 5.84 Å². The summed E-state index contributed by atoms with van der Waals surface area (Å²) in [6.07, 6.45) is 0.832. The number of hydrogen-bond acceptors (Lipinski definition) is 4. The fraction of sp³-hybridized carbons (Fsp3) is 0.400. The van der Waals surface area contributed by atoms with Crippen LogP contribution in [0.2, 0.25) is 0 Å². The number of nitrogens with zero attached hydrogens (tertiary/aromatic N) is 1. The van der Waals surface area contributed by atoms with Crippen LogP contribution in [0.1, 0.15) is 39.0 Å². The highest BCUT2D eigenvalue weighted by molar-refractivity contribution is 7.09. The summed E-state index contributed by atoms with van der Waals surface area (Å²) in [6, 6.07) is 4.57. The standard InChI is InChI=1S/C15H21N3S/c1-9-5-11(3)13(6-10(9)2)14(18-16)7-15-17-12(4)8-19-15/h5-6,8,14,18H,7,16H2,1-4H3. The summed E-state index contributed by atoms with van der Waals surface area (Å²) in [5.41, 5.74) is 9.17. The molecule has 0 bridgehead atoms. The molecule has 0 aliphatic carbocycles. The van der Waals surface area contributed by atoms with Crippen LogP contribution < -0.4 is 11.3 Å². The maximum Gasteiger partial charge on any atom is 0.0947 e. The number of rotatable bonds is 4. The summed E-state index contributed by atoms with van der Waals surface area (Å²) in [7, 11) is 0. The van der Waals surface area contributed by atoms with Crippen molar-refractivity contribution in [1.29, 1.82) is 0 Å². The van der Waals surface area contributed by atoms with Gasteiger partial charge in [-0.2, -0.15) is 0 Å². The number of aryl methyl sites for hydroxylation is 4. The fourth-order valence-corrected chi connectivity index (χ4v) is 3.11. The first-order valence-corrected chi connectivity index (χ1v) is 7.34. The molecule has 1 aromatic carbocycles. The highest BCUT2D eigenvalue weighted by atomic mass is 32.1. The summed E-state index contributed by atoms with van der Waals surface area (Å²) in [4.78, 5) is 4.52. The first kappa shape index (κ1) is 14.2. The van der Waals surface area contributed by atoms with Gasteiger partial charge in [-0.05, 0) is 49.9 Å². The quantitative estimate of drug-likeness (QED) is 0.666. The van der Waals surface area contributed by atoms with Gasteiger partial charge in [-0.3, -0.25) is 11.3 Å². The zero-order valence-corrected chi connectivity index (χ0v) is 12.8. The van der Waals surface area contributed by atoms with E-state index in [0.717, 1.165) is 17.1 Å². The molecule has 0 saturated heterocycles. The number of nitrogens with two attached hydrogens (primary N) is 1. The van der Waals surface area contributed by atoms with Gasteiger partial charge in [0.05, 0.1) is 11.0 Å². The Morgan fingerprint density at radius 1 is 1.16 bits per heavy atom. The second-order valence-electron chi connectivity index (χ2n) is 5.10. The van der Waals surface area contributed by atoms with Crippen LogP contribution in [0, 0.1) is 27.7 Å². The molecule has 1 heterocycles. The number of aromatic nitrogens is 1. The molecule has 3 nitrogen and oxygen atoms in total. The van der Waals surface area contributed by atoms with E-state index in [1.165, 1.54) is 22.3 Å². The first-order chi connectivity index (χ1) is 9.01. The van der Waals surface area contributed by atoms with Crippen molar-refractivity contribution in [2.45, 2.75) is 40.2 Å². The minimum Gasteiger partial charge on any atom is -0.271 e. The van der Waals surface area contributed by atoms with Crippen LogP contribution in [0.3, 0.4) is 0 Å². The molecule has 1 aromatic heterocycles. The lowest BCUT2D eigenvalue weighted by molar-refractivity contribution is 0.547. The second kappa shape index (κ2) is 5.82. The highest BCUT2D eigenvalue weighted by Crippen LogP contribution is 2.25. The molecule has 1 atom stereocenters. The number of benzene rings is 1. The summed E-state index contributed by atoms with van der Waals surface area (Å²) in [5, 5.41) is 3.20. The van der Waals surface area contributed by atoms with Gasteiger partial charge in [0.25, 0.3) is 0 Å². The topological polar surface area (TPSA) is 50.9 Å². The Morgan fingerprint density at radius 3 is 2.42 bits per heavy atom. The minimum absolute atomic E-state index is 0.116. The third-order valence-corrected chi connectivity index (χ3v) is 4.49. The van der Waals surface area contributed by atoms with Crippen molar-refractivity contribution in [2.75, 3.05) is 0 Å². The Hall–Kier alpha value is -1.23. The van der Waals surface area contributed by atoms with Crippen LogP contribution in [-0.2, 0) is 6.42 Å². The molecular weight excluding hydrogens is 254 g/mol. The van der Waals surface area contributed by atoms with Crippen LogP contribution >= 0.6 is 11.3 Å². The average molecular weight is 275 g/mol. The number of nitrogens with one attached hydrogen (secondary N) is 1. The second-order valence-corrected chi connectivity index (χ2v) is 6.04. The van der Waals surface area contributed by atoms with E-state index in [1.54, 1.807) is 11.3 Å². The molecule has 2 aromatic rings. The maximum absolute atomic E-state index is 5.74. The van der Waals surface area contributed by atoms with Gasteiger partial charge < -0.3 is 0 Å². The fourth-order valence-electron chi connectivity index (χ4n) is 2.29. The van der Waals surface area contributed by atoms with Gasteiger partial charge in [-0.15, -0.1) is 11.3 Å². The van der Waals surface area contributed by atoms with Gasteiger partial charge >= 0.3 is 0 Å². The van der Waals surface area contributed by atoms with Gasteiger partial charge in [-0.1, -0.05) is 12.1 Å². The predicted molar refractivity (Wildman–Crippen MR) is 81.3 cm³/mol. The van der Waals surface area contributed by atoms with Gasteiger partial charge in [-0.25, -0.2) is 4.98 Å². The third-order valence-electron chi connectivity index (χ3n) is 3.50. The van der Waals surface area contributed by atoms with Gasteiger partial charge in [0.1, 0.15) is 0 Å². The van der Waals surface area contributed by atoms with Crippen molar-refractivity contribution in [3.63, 3.8) is 0 Å². The Balaban J connectivity index is 2.29. The van der Waals surface area contributed by atoms with E-state index in [-0.39, 0.29) is 6.04 Å². The molecule has 0 radical (unpaired) electrons. The van der Waals surface area contributed by atoms with E-state index >= 15 is 0 Å². The summed E-state index contributed by atoms with van der Waals surface area (Å²) in [5.74, 6) is 5.74. The van der Waals surface area contributed by atoms with Gasteiger partial charge in [0.2, 0.25) is 0 Å². The zero-order chi connectivity index (χ0) is 14.0. The SMILES string of the molecule is Cc1csc(CC(NN)c2cc(C)c(C)cc2C)n1. The van der Waals surface area contributed by atoms with Crippen molar-refractivity contribution in [1.82, 2.24) is 10.4 Å². The number of thiazole rings is 1. The van der Waals surface area contributed by atoms with E-state index in [1.807, 2.05) is 6.92 Å². The highest BCUT2D eigenvalue weighted by Gasteiger charge is 2.15. The Kier molecular flexibility index (Phi) is 4.34. The Labute approximate surface area is 118 Å². The number of hydrogen-bond donors (Lipinski definition) is 2. The number of hydrazine groups is 1. The Bertz CT molecular complexity index is 575. The molecule has 0 aliphatic heterocycles. The van der Waals surface area contributed by atoms with Crippen LogP contribution in [0.15, 0.2) is 17.5 Å². The molecule has 0 fully saturated rings. The van der Waals surface area contributed by atoms with E-state index in [9.17, 15) is 0 Å². The molecule has 1 unspecified atom stereocenters. The zero-order valence-electron chi connectivity index (χ0n) is 11.9. The lowest BCUT2D eigenvalue weighted by Gasteiger charge is -2.19. The van der Waals surface area contributed by atoms with E-state index in [0.29, 0.717) is 0 Å². The summed E-state index contributed by atoms with van der Waals surface area (Å²) < 4.78 is 0. The largest absolute Gasteiger partial charge is 0.271 e. The molecular formula is C15H21N3S. The third kappa shape index (κ3) is 3.21. The van der Waals surface area contributed by atoms with Crippen LogP contribution in [0.4, 0.5) is 0 Å². The Morgan fingerprint density at radius 2 is 1.84 bits per heavy atom. The lowest BCUT2D eigenvalue weighted by Crippen LogP contribution is -2.30. The molecule has 4 heteroatoms.